The van der Waals surface area contributed by atoms with E-state index in [0.29, 0.717) is 18.9 Å². The molecule has 0 radical (unpaired) electrons. The number of rotatable bonds is 8. The van der Waals surface area contributed by atoms with E-state index in [0.717, 1.165) is 29.7 Å². The van der Waals surface area contributed by atoms with Gasteiger partial charge in [0.1, 0.15) is 6.26 Å². The van der Waals surface area contributed by atoms with Crippen LogP contribution in [0.15, 0.2) is 53.1 Å². The second-order valence-electron chi connectivity index (χ2n) is 6.59. The van der Waals surface area contributed by atoms with Crippen LogP contribution in [-0.2, 0) is 17.6 Å². The van der Waals surface area contributed by atoms with Gasteiger partial charge in [0.25, 0.3) is 5.91 Å². The number of carbonyl (C=O) groups is 2. The first kappa shape index (κ1) is 24.4. The predicted molar refractivity (Wildman–Crippen MR) is 120 cm³/mol. The highest BCUT2D eigenvalue weighted by Crippen LogP contribution is 2.23. The van der Waals surface area contributed by atoms with Crippen LogP contribution in [0.2, 0.25) is 10.0 Å². The number of aliphatic carboxylic acids is 1. The third-order valence-corrected chi connectivity index (χ3v) is 4.86. The molecule has 164 valence electrons. The minimum Gasteiger partial charge on any atom is -0.481 e. The highest BCUT2D eigenvalue weighted by Gasteiger charge is 2.10. The molecule has 1 aromatic heterocycles. The number of aromatic nitrogens is 1. The Bertz CT molecular complexity index is 1000. The molecule has 0 aliphatic carbocycles. The van der Waals surface area contributed by atoms with Crippen molar-refractivity contribution in [2.24, 2.45) is 11.5 Å². The normalized spacial score (nSPS) is 10.3. The third kappa shape index (κ3) is 7.71. The van der Waals surface area contributed by atoms with E-state index in [2.05, 4.69) is 4.98 Å². The van der Waals surface area contributed by atoms with Crippen LogP contribution in [0.25, 0.3) is 11.5 Å². The molecule has 5 N–H and O–H groups in total. The number of oxazole rings is 1. The highest BCUT2D eigenvalue weighted by atomic mass is 35.5. The zero-order valence-electron chi connectivity index (χ0n) is 16.7. The Morgan fingerprint density at radius 1 is 1.03 bits per heavy atom. The average molecular weight is 464 g/mol. The lowest BCUT2D eigenvalue weighted by atomic mass is 10.1. The van der Waals surface area contributed by atoms with Crippen molar-refractivity contribution in [3.05, 3.63) is 75.6 Å². The average Bonchev–Trinajstić information content (AvgIpc) is 3.20. The summed E-state index contributed by atoms with van der Waals surface area (Å²) in [6, 6.07) is 12.4. The second-order valence-corrected chi connectivity index (χ2v) is 7.40. The molecule has 7 nitrogen and oxygen atoms in total. The number of carbonyl (C=O) groups excluding carboxylic acids is 1. The number of amides is 1. The van der Waals surface area contributed by atoms with Crippen LogP contribution in [0.5, 0.6) is 0 Å². The van der Waals surface area contributed by atoms with Gasteiger partial charge in [-0.25, -0.2) is 4.98 Å². The fourth-order valence-electron chi connectivity index (χ4n) is 2.64. The summed E-state index contributed by atoms with van der Waals surface area (Å²) in [7, 11) is 0. The first-order chi connectivity index (χ1) is 14.8. The van der Waals surface area contributed by atoms with E-state index in [-0.39, 0.29) is 22.0 Å². The number of halogens is 2. The Morgan fingerprint density at radius 3 is 2.19 bits per heavy atom. The van der Waals surface area contributed by atoms with Crippen LogP contribution in [-0.4, -0.2) is 28.5 Å². The maximum absolute atomic E-state index is 10.7. The summed E-state index contributed by atoms with van der Waals surface area (Å²) in [6.45, 7) is 0.639. The molecular formula is C22H23Cl2N3O4. The molecule has 9 heteroatoms. The van der Waals surface area contributed by atoms with Crippen molar-refractivity contribution in [3.63, 3.8) is 0 Å². The molecule has 3 aromatic rings. The predicted octanol–water partition coefficient (Wildman–Crippen LogP) is 4.34. The van der Waals surface area contributed by atoms with Gasteiger partial charge in [0, 0.05) is 12.0 Å². The fourth-order valence-corrected chi connectivity index (χ4v) is 3.22. The van der Waals surface area contributed by atoms with Gasteiger partial charge in [-0.15, -0.1) is 0 Å². The molecule has 0 spiro atoms. The van der Waals surface area contributed by atoms with Crippen LogP contribution in [0.4, 0.5) is 0 Å². The number of primary amides is 1. The van der Waals surface area contributed by atoms with Gasteiger partial charge in [-0.2, -0.15) is 0 Å². The van der Waals surface area contributed by atoms with E-state index in [4.69, 9.17) is 44.2 Å². The van der Waals surface area contributed by atoms with Crippen molar-refractivity contribution >= 4 is 35.1 Å². The summed E-state index contributed by atoms with van der Waals surface area (Å²) < 4.78 is 5.44. The number of carboxylic acids is 1. The molecule has 0 unspecified atom stereocenters. The largest absolute Gasteiger partial charge is 0.481 e. The van der Waals surface area contributed by atoms with Crippen LogP contribution >= 0.6 is 23.2 Å². The molecule has 0 saturated heterocycles. The van der Waals surface area contributed by atoms with Gasteiger partial charge < -0.3 is 21.0 Å². The van der Waals surface area contributed by atoms with Gasteiger partial charge in [-0.3, -0.25) is 9.59 Å². The summed E-state index contributed by atoms with van der Waals surface area (Å²) in [5.41, 5.74) is 13.4. The summed E-state index contributed by atoms with van der Waals surface area (Å²) >= 11 is 11.3. The van der Waals surface area contributed by atoms with E-state index in [1.165, 1.54) is 0 Å². The number of carboxylic acid groups (broad SMARTS) is 1. The van der Waals surface area contributed by atoms with E-state index in [1.807, 2.05) is 24.3 Å². The van der Waals surface area contributed by atoms with E-state index in [1.54, 1.807) is 24.5 Å². The Morgan fingerprint density at radius 2 is 1.68 bits per heavy atom. The molecule has 2 aromatic carbocycles. The third-order valence-electron chi connectivity index (χ3n) is 4.23. The van der Waals surface area contributed by atoms with E-state index >= 15 is 0 Å². The van der Waals surface area contributed by atoms with Crippen molar-refractivity contribution in [2.75, 3.05) is 6.54 Å². The molecule has 0 fully saturated rings. The smallest absolute Gasteiger partial charge is 0.303 e. The summed E-state index contributed by atoms with van der Waals surface area (Å²) in [5.74, 6) is -0.811. The van der Waals surface area contributed by atoms with Crippen molar-refractivity contribution in [3.8, 4) is 11.5 Å². The second kappa shape index (κ2) is 12.1. The summed E-state index contributed by atoms with van der Waals surface area (Å²) in [6.07, 6.45) is 4.03. The molecule has 1 heterocycles. The topological polar surface area (TPSA) is 132 Å². The SMILES string of the molecule is NC(=O)c1c(Cl)cccc1Cl.NCCCc1coc(-c2ccc(CCC(=O)O)cc2)n1. The van der Waals surface area contributed by atoms with Crippen molar-refractivity contribution in [1.29, 1.82) is 0 Å². The van der Waals surface area contributed by atoms with Gasteiger partial charge in [0.15, 0.2) is 0 Å². The molecule has 0 saturated carbocycles. The lowest BCUT2D eigenvalue weighted by Crippen LogP contribution is -2.12. The zero-order valence-corrected chi connectivity index (χ0v) is 18.2. The molecule has 3 rings (SSSR count). The van der Waals surface area contributed by atoms with Gasteiger partial charge in [-0.1, -0.05) is 41.4 Å². The molecule has 31 heavy (non-hydrogen) atoms. The quantitative estimate of drug-likeness (QED) is 0.454. The van der Waals surface area contributed by atoms with Crippen molar-refractivity contribution in [2.45, 2.75) is 25.7 Å². The highest BCUT2D eigenvalue weighted by molar-refractivity contribution is 6.39. The minimum absolute atomic E-state index is 0.140. The maximum Gasteiger partial charge on any atom is 0.303 e. The molecule has 0 atom stereocenters. The Labute approximate surface area is 190 Å². The number of aryl methyl sites for hydroxylation is 2. The van der Waals surface area contributed by atoms with E-state index < -0.39 is 11.9 Å². The minimum atomic E-state index is -0.786. The summed E-state index contributed by atoms with van der Waals surface area (Å²) in [4.78, 5) is 25.6. The van der Waals surface area contributed by atoms with Gasteiger partial charge >= 0.3 is 5.97 Å². The van der Waals surface area contributed by atoms with Crippen LogP contribution in [0.3, 0.4) is 0 Å². The van der Waals surface area contributed by atoms with Gasteiger partial charge in [0.2, 0.25) is 5.89 Å². The van der Waals surface area contributed by atoms with Crippen molar-refractivity contribution < 1.29 is 19.1 Å². The van der Waals surface area contributed by atoms with Crippen LogP contribution in [0, 0.1) is 0 Å². The van der Waals surface area contributed by atoms with Gasteiger partial charge in [0.05, 0.1) is 21.3 Å². The standard InChI is InChI=1S/C15H18N2O3.C7H5Cl2NO/c16-9-1-2-13-10-20-15(17-13)12-6-3-11(4-7-12)5-8-14(18)19;8-4-2-1-3-5(9)6(4)7(10)11/h3-4,6-7,10H,1-2,5,8-9,16H2,(H,18,19);1-3H,(H2,10,11). The number of nitrogens with zero attached hydrogens (tertiary/aromatic N) is 1. The zero-order chi connectivity index (χ0) is 22.8. The Balaban J connectivity index is 0.000000262. The van der Waals surface area contributed by atoms with Gasteiger partial charge in [-0.05, 0) is 55.6 Å². The molecule has 0 bridgehead atoms. The van der Waals surface area contributed by atoms with E-state index in [9.17, 15) is 9.59 Å². The maximum atomic E-state index is 10.7. The molecule has 0 aliphatic heterocycles. The summed E-state index contributed by atoms with van der Waals surface area (Å²) in [5, 5.41) is 9.21. The number of nitrogens with two attached hydrogens (primary N) is 2. The lowest BCUT2D eigenvalue weighted by Gasteiger charge is -2.00. The number of benzene rings is 2. The fraction of sp³-hybridized carbons (Fsp3) is 0.227. The first-order valence-corrected chi connectivity index (χ1v) is 10.3. The monoisotopic (exact) mass is 463 g/mol. The van der Waals surface area contributed by atoms with Crippen LogP contribution < -0.4 is 11.5 Å². The number of hydrogen-bond acceptors (Lipinski definition) is 5. The first-order valence-electron chi connectivity index (χ1n) is 9.51. The van der Waals surface area contributed by atoms with Crippen LogP contribution in [0.1, 0.15) is 34.5 Å². The number of hydrogen-bond donors (Lipinski definition) is 3. The molecular weight excluding hydrogens is 441 g/mol. The van der Waals surface area contributed by atoms with Crippen molar-refractivity contribution in [1.82, 2.24) is 4.98 Å². The molecule has 0 aliphatic rings. The molecule has 1 amide bonds. The lowest BCUT2D eigenvalue weighted by molar-refractivity contribution is -0.136. The Hall–Kier alpha value is -2.87. The Kier molecular flexibility index (Phi) is 9.52.